The highest BCUT2D eigenvalue weighted by molar-refractivity contribution is 5.95. The van der Waals surface area contributed by atoms with E-state index in [1.807, 2.05) is 66.9 Å². The zero-order valence-corrected chi connectivity index (χ0v) is 17.4. The van der Waals surface area contributed by atoms with Gasteiger partial charge in [-0.25, -0.2) is 9.37 Å². The van der Waals surface area contributed by atoms with E-state index in [1.54, 1.807) is 24.0 Å². The van der Waals surface area contributed by atoms with Gasteiger partial charge in [0.05, 0.1) is 17.8 Å². The SMILES string of the molecule is CCN(C(=O)Cc1c(-c2ccc(F)c(C)c2)nc2ccc(C)cn12)c1ccccc1. The molecule has 0 aliphatic heterocycles. The number of likely N-dealkylation sites (N-methyl/N-ethyl adjacent to an activating group) is 1. The third-order valence-electron chi connectivity index (χ3n) is 5.30. The zero-order chi connectivity index (χ0) is 21.3. The number of hydrogen-bond acceptors (Lipinski definition) is 2. The second kappa shape index (κ2) is 8.11. The Bertz CT molecular complexity index is 1210. The Morgan fingerprint density at radius 1 is 1.07 bits per heavy atom. The standard InChI is InChI=1S/C25H24FN3O/c1-4-28(20-8-6-5-7-9-20)24(30)15-22-25(19-11-12-21(26)18(3)14-19)27-23-13-10-17(2)16-29(22)23/h5-14,16H,4,15H2,1-3H3. The Hall–Kier alpha value is -3.47. The van der Waals surface area contributed by atoms with E-state index >= 15 is 0 Å². The third kappa shape index (κ3) is 3.71. The summed E-state index contributed by atoms with van der Waals surface area (Å²) >= 11 is 0. The molecule has 0 saturated carbocycles. The summed E-state index contributed by atoms with van der Waals surface area (Å²) < 4.78 is 15.8. The lowest BCUT2D eigenvalue weighted by Crippen LogP contribution is -2.32. The molecule has 2 aromatic heterocycles. The van der Waals surface area contributed by atoms with Crippen LogP contribution in [0.3, 0.4) is 0 Å². The highest BCUT2D eigenvalue weighted by Crippen LogP contribution is 2.28. The highest BCUT2D eigenvalue weighted by atomic mass is 19.1. The fraction of sp³-hybridized carbons (Fsp3) is 0.200. The molecule has 4 rings (SSSR count). The molecule has 2 heterocycles. The molecule has 0 aliphatic carbocycles. The second-order valence-corrected chi connectivity index (χ2v) is 7.46. The molecule has 0 aliphatic rings. The minimum Gasteiger partial charge on any atom is -0.312 e. The number of fused-ring (bicyclic) bond motifs is 1. The van der Waals surface area contributed by atoms with Gasteiger partial charge in [-0.1, -0.05) is 24.3 Å². The van der Waals surface area contributed by atoms with Crippen molar-refractivity contribution in [2.24, 2.45) is 0 Å². The van der Waals surface area contributed by atoms with Crippen LogP contribution in [0, 0.1) is 19.7 Å². The molecule has 4 nitrogen and oxygen atoms in total. The number of hydrogen-bond donors (Lipinski definition) is 0. The smallest absolute Gasteiger partial charge is 0.233 e. The van der Waals surface area contributed by atoms with Crippen molar-refractivity contribution in [3.63, 3.8) is 0 Å². The van der Waals surface area contributed by atoms with Gasteiger partial charge in [0.25, 0.3) is 0 Å². The average molecular weight is 401 g/mol. The number of anilines is 1. The van der Waals surface area contributed by atoms with E-state index in [0.29, 0.717) is 17.8 Å². The number of nitrogens with zero attached hydrogens (tertiary/aromatic N) is 3. The Labute approximate surface area is 175 Å². The Kier molecular flexibility index (Phi) is 5.36. The molecule has 0 bridgehead atoms. The number of benzene rings is 2. The quantitative estimate of drug-likeness (QED) is 0.452. The number of pyridine rings is 1. The number of carbonyl (C=O) groups is 1. The molecule has 4 aromatic rings. The van der Waals surface area contributed by atoms with Crippen molar-refractivity contribution in [3.05, 3.63) is 89.5 Å². The van der Waals surface area contributed by atoms with Gasteiger partial charge in [-0.05, 0) is 68.3 Å². The van der Waals surface area contributed by atoms with Crippen molar-refractivity contribution in [2.45, 2.75) is 27.2 Å². The maximum absolute atomic E-state index is 13.8. The Morgan fingerprint density at radius 3 is 2.53 bits per heavy atom. The van der Waals surface area contributed by atoms with Gasteiger partial charge >= 0.3 is 0 Å². The molecule has 152 valence electrons. The number of imidazole rings is 1. The lowest BCUT2D eigenvalue weighted by molar-refractivity contribution is -0.118. The molecule has 1 amide bonds. The molecule has 2 aromatic carbocycles. The normalized spacial score (nSPS) is 11.1. The Morgan fingerprint density at radius 2 is 1.83 bits per heavy atom. The molecule has 0 unspecified atom stereocenters. The first-order chi connectivity index (χ1) is 14.5. The molecule has 0 radical (unpaired) electrons. The Balaban J connectivity index is 1.81. The summed E-state index contributed by atoms with van der Waals surface area (Å²) in [5.74, 6) is -0.260. The number of rotatable bonds is 5. The summed E-state index contributed by atoms with van der Waals surface area (Å²) in [6.07, 6.45) is 2.18. The van der Waals surface area contributed by atoms with Gasteiger partial charge in [0.15, 0.2) is 0 Å². The van der Waals surface area contributed by atoms with Crippen LogP contribution >= 0.6 is 0 Å². The molecule has 5 heteroatoms. The van der Waals surface area contributed by atoms with Gasteiger partial charge in [-0.15, -0.1) is 0 Å². The topological polar surface area (TPSA) is 37.6 Å². The summed E-state index contributed by atoms with van der Waals surface area (Å²) in [7, 11) is 0. The molecule has 0 fully saturated rings. The lowest BCUT2D eigenvalue weighted by Gasteiger charge is -2.21. The number of para-hydroxylation sites is 1. The molecule has 0 atom stereocenters. The average Bonchev–Trinajstić information content (AvgIpc) is 3.09. The lowest BCUT2D eigenvalue weighted by atomic mass is 10.1. The first kappa shape index (κ1) is 19.8. The molecule has 0 saturated heterocycles. The van der Waals surface area contributed by atoms with Crippen LogP contribution in [-0.4, -0.2) is 21.8 Å². The van der Waals surface area contributed by atoms with E-state index in [4.69, 9.17) is 4.98 Å². The molecular formula is C25H24FN3O. The summed E-state index contributed by atoms with van der Waals surface area (Å²) in [5, 5.41) is 0. The summed E-state index contributed by atoms with van der Waals surface area (Å²) in [5.41, 5.74) is 5.58. The van der Waals surface area contributed by atoms with Crippen LogP contribution in [0.2, 0.25) is 0 Å². The van der Waals surface area contributed by atoms with Crippen LogP contribution in [0.5, 0.6) is 0 Å². The van der Waals surface area contributed by atoms with Gasteiger partial charge in [0.1, 0.15) is 11.5 Å². The van der Waals surface area contributed by atoms with Crippen molar-refractivity contribution < 1.29 is 9.18 Å². The zero-order valence-electron chi connectivity index (χ0n) is 17.4. The van der Waals surface area contributed by atoms with E-state index < -0.39 is 0 Å². The third-order valence-corrected chi connectivity index (χ3v) is 5.30. The predicted octanol–water partition coefficient (Wildman–Crippen LogP) is 5.35. The van der Waals surface area contributed by atoms with Gasteiger partial charge in [0.2, 0.25) is 5.91 Å². The number of halogens is 1. The van der Waals surface area contributed by atoms with Crippen molar-refractivity contribution in [3.8, 4) is 11.3 Å². The summed E-state index contributed by atoms with van der Waals surface area (Å²) in [6.45, 7) is 6.28. The van der Waals surface area contributed by atoms with E-state index in [1.165, 1.54) is 6.07 Å². The predicted molar refractivity (Wildman–Crippen MR) is 118 cm³/mol. The molecular weight excluding hydrogens is 377 g/mol. The van der Waals surface area contributed by atoms with Gasteiger partial charge in [-0.3, -0.25) is 4.79 Å². The van der Waals surface area contributed by atoms with Crippen LogP contribution in [-0.2, 0) is 11.2 Å². The first-order valence-electron chi connectivity index (χ1n) is 10.1. The van der Waals surface area contributed by atoms with Gasteiger partial charge in [0, 0.05) is 24.0 Å². The van der Waals surface area contributed by atoms with E-state index in [2.05, 4.69) is 0 Å². The monoisotopic (exact) mass is 401 g/mol. The van der Waals surface area contributed by atoms with Crippen LogP contribution in [0.15, 0.2) is 66.9 Å². The minimum atomic E-state index is -0.253. The first-order valence-corrected chi connectivity index (χ1v) is 10.1. The van der Waals surface area contributed by atoms with Crippen LogP contribution in [0.1, 0.15) is 23.7 Å². The summed E-state index contributed by atoms with van der Waals surface area (Å²) in [4.78, 5) is 19.8. The van der Waals surface area contributed by atoms with Crippen LogP contribution in [0.25, 0.3) is 16.9 Å². The van der Waals surface area contributed by atoms with E-state index in [0.717, 1.165) is 28.2 Å². The number of carbonyl (C=O) groups excluding carboxylic acids is 1. The number of amides is 1. The fourth-order valence-electron chi connectivity index (χ4n) is 3.74. The van der Waals surface area contributed by atoms with Crippen molar-refractivity contribution in [2.75, 3.05) is 11.4 Å². The summed E-state index contributed by atoms with van der Waals surface area (Å²) in [6, 6.07) is 18.6. The van der Waals surface area contributed by atoms with Crippen LogP contribution < -0.4 is 4.90 Å². The molecule has 0 N–H and O–H groups in total. The van der Waals surface area contributed by atoms with Gasteiger partial charge < -0.3 is 9.30 Å². The van der Waals surface area contributed by atoms with Crippen molar-refractivity contribution in [1.82, 2.24) is 9.38 Å². The molecule has 0 spiro atoms. The van der Waals surface area contributed by atoms with Crippen molar-refractivity contribution in [1.29, 1.82) is 0 Å². The largest absolute Gasteiger partial charge is 0.312 e. The maximum Gasteiger partial charge on any atom is 0.233 e. The molecule has 30 heavy (non-hydrogen) atoms. The van der Waals surface area contributed by atoms with E-state index in [-0.39, 0.29) is 18.1 Å². The number of aryl methyl sites for hydroxylation is 2. The maximum atomic E-state index is 13.8. The minimum absolute atomic E-state index is 0.00732. The second-order valence-electron chi connectivity index (χ2n) is 7.46. The van der Waals surface area contributed by atoms with Crippen molar-refractivity contribution >= 4 is 17.2 Å². The van der Waals surface area contributed by atoms with Crippen LogP contribution in [0.4, 0.5) is 10.1 Å². The highest BCUT2D eigenvalue weighted by Gasteiger charge is 2.21. The fourth-order valence-corrected chi connectivity index (χ4v) is 3.74. The van der Waals surface area contributed by atoms with E-state index in [9.17, 15) is 9.18 Å². The van der Waals surface area contributed by atoms with Gasteiger partial charge in [-0.2, -0.15) is 0 Å². The number of aromatic nitrogens is 2.